The quantitative estimate of drug-likeness (QED) is 0.531. The summed E-state index contributed by atoms with van der Waals surface area (Å²) in [5, 5.41) is 25.4. The number of nitriles is 1. The van der Waals surface area contributed by atoms with Gasteiger partial charge in [0.2, 0.25) is 0 Å². The van der Waals surface area contributed by atoms with Crippen LogP contribution in [-0.4, -0.2) is 10.2 Å². The zero-order valence-corrected chi connectivity index (χ0v) is 4.33. The number of furan rings is 1. The smallest absolute Gasteiger partial charge is 0.304 e. The van der Waals surface area contributed by atoms with Crippen LogP contribution in [0.4, 0.5) is 0 Å². The minimum atomic E-state index is -0.546. The molecule has 4 nitrogen and oxygen atoms in total. The van der Waals surface area contributed by atoms with Crippen molar-refractivity contribution in [3.63, 3.8) is 0 Å². The van der Waals surface area contributed by atoms with Crippen molar-refractivity contribution in [1.82, 2.24) is 0 Å². The van der Waals surface area contributed by atoms with Crippen LogP contribution < -0.4 is 0 Å². The van der Waals surface area contributed by atoms with Gasteiger partial charge in [-0.25, -0.2) is 0 Å². The Bertz CT molecular complexity index is 238. The van der Waals surface area contributed by atoms with Crippen LogP contribution in [0.2, 0.25) is 0 Å². The summed E-state index contributed by atoms with van der Waals surface area (Å²) in [6, 6.07) is 1.55. The summed E-state index contributed by atoms with van der Waals surface area (Å²) in [5.74, 6) is -0.884. The van der Waals surface area contributed by atoms with Crippen LogP contribution >= 0.6 is 0 Å². The van der Waals surface area contributed by atoms with E-state index in [0.29, 0.717) is 0 Å². The molecule has 1 aromatic rings. The van der Waals surface area contributed by atoms with Crippen molar-refractivity contribution in [2.75, 3.05) is 0 Å². The van der Waals surface area contributed by atoms with E-state index >= 15 is 0 Å². The molecule has 0 aliphatic rings. The molecular formula is C5H3NO3. The molecule has 2 N–H and O–H groups in total. The van der Waals surface area contributed by atoms with E-state index in [-0.39, 0.29) is 11.3 Å². The number of nitrogens with zero attached hydrogens (tertiary/aromatic N) is 1. The SMILES string of the molecule is N#Cc1c(O)coc1O. The minimum Gasteiger partial charge on any atom is -0.504 e. The molecule has 0 unspecified atom stereocenters. The highest BCUT2D eigenvalue weighted by Crippen LogP contribution is 2.27. The molecule has 1 aromatic heterocycles. The van der Waals surface area contributed by atoms with E-state index in [2.05, 4.69) is 4.42 Å². The molecule has 0 amide bonds. The Morgan fingerprint density at radius 1 is 1.56 bits per heavy atom. The summed E-state index contributed by atoms with van der Waals surface area (Å²) in [5.41, 5.74) is -0.227. The van der Waals surface area contributed by atoms with Gasteiger partial charge < -0.3 is 14.6 Å². The molecule has 1 rings (SSSR count). The van der Waals surface area contributed by atoms with Gasteiger partial charge in [0.05, 0.1) is 0 Å². The lowest BCUT2D eigenvalue weighted by atomic mass is 10.3. The molecule has 0 bridgehead atoms. The first-order chi connectivity index (χ1) is 4.25. The van der Waals surface area contributed by atoms with Gasteiger partial charge in [-0.15, -0.1) is 0 Å². The number of hydrogen-bond acceptors (Lipinski definition) is 4. The normalized spacial score (nSPS) is 8.78. The van der Waals surface area contributed by atoms with Crippen LogP contribution in [0, 0.1) is 11.3 Å². The van der Waals surface area contributed by atoms with Gasteiger partial charge in [0.1, 0.15) is 12.3 Å². The van der Waals surface area contributed by atoms with Crippen LogP contribution in [0.3, 0.4) is 0 Å². The fourth-order valence-electron chi connectivity index (χ4n) is 0.444. The lowest BCUT2D eigenvalue weighted by Gasteiger charge is -1.79. The first kappa shape index (κ1) is 5.51. The third-order valence-corrected chi connectivity index (χ3v) is 0.864. The third kappa shape index (κ3) is 0.681. The van der Waals surface area contributed by atoms with E-state index < -0.39 is 5.95 Å². The molecule has 0 atom stereocenters. The molecule has 4 heteroatoms. The van der Waals surface area contributed by atoms with Gasteiger partial charge in [-0.05, 0) is 0 Å². The first-order valence-electron chi connectivity index (χ1n) is 2.15. The molecule has 0 aliphatic carbocycles. The minimum absolute atomic E-state index is 0.227. The van der Waals surface area contributed by atoms with Gasteiger partial charge in [0.25, 0.3) is 0 Å². The maximum Gasteiger partial charge on any atom is 0.304 e. The molecule has 9 heavy (non-hydrogen) atoms. The predicted octanol–water partition coefficient (Wildman–Crippen LogP) is 0.562. The van der Waals surface area contributed by atoms with E-state index in [4.69, 9.17) is 15.5 Å². The molecule has 0 aliphatic heterocycles. The zero-order chi connectivity index (χ0) is 6.85. The second kappa shape index (κ2) is 1.71. The number of rotatable bonds is 0. The molecule has 0 spiro atoms. The number of hydrogen-bond donors (Lipinski definition) is 2. The summed E-state index contributed by atoms with van der Waals surface area (Å²) >= 11 is 0. The fourth-order valence-corrected chi connectivity index (χ4v) is 0.444. The summed E-state index contributed by atoms with van der Waals surface area (Å²) < 4.78 is 4.27. The standard InChI is InChI=1S/C5H3NO3/c6-1-3-4(7)2-9-5(3)8/h2,7-8H. The van der Waals surface area contributed by atoms with Crippen molar-refractivity contribution in [3.8, 4) is 17.8 Å². The Morgan fingerprint density at radius 3 is 2.44 bits per heavy atom. The van der Waals surface area contributed by atoms with E-state index in [9.17, 15) is 0 Å². The second-order valence-corrected chi connectivity index (χ2v) is 1.41. The predicted molar refractivity (Wildman–Crippen MR) is 26.8 cm³/mol. The van der Waals surface area contributed by atoms with Crippen molar-refractivity contribution in [3.05, 3.63) is 11.8 Å². The van der Waals surface area contributed by atoms with Gasteiger partial charge in [0, 0.05) is 0 Å². The Kier molecular flexibility index (Phi) is 1.04. The first-order valence-corrected chi connectivity index (χ1v) is 2.15. The highest BCUT2D eigenvalue weighted by atomic mass is 16.5. The van der Waals surface area contributed by atoms with Crippen molar-refractivity contribution in [2.45, 2.75) is 0 Å². The second-order valence-electron chi connectivity index (χ2n) is 1.41. The van der Waals surface area contributed by atoms with Crippen LogP contribution in [0.1, 0.15) is 5.56 Å². The summed E-state index contributed by atoms with van der Waals surface area (Å²) in [6.45, 7) is 0. The molecule has 1 heterocycles. The summed E-state index contributed by atoms with van der Waals surface area (Å²) in [4.78, 5) is 0. The van der Waals surface area contributed by atoms with E-state index in [1.807, 2.05) is 0 Å². The molecule has 0 saturated heterocycles. The summed E-state index contributed by atoms with van der Waals surface area (Å²) in [6.07, 6.45) is 0.897. The fraction of sp³-hybridized carbons (Fsp3) is 0. The number of aromatic hydroxyl groups is 2. The zero-order valence-electron chi connectivity index (χ0n) is 4.33. The van der Waals surface area contributed by atoms with Crippen molar-refractivity contribution in [1.29, 1.82) is 5.26 Å². The Labute approximate surface area is 50.6 Å². The van der Waals surface area contributed by atoms with Crippen LogP contribution in [-0.2, 0) is 0 Å². The maximum atomic E-state index is 8.66. The van der Waals surface area contributed by atoms with Gasteiger partial charge in [-0.2, -0.15) is 5.26 Å². The Hall–Kier alpha value is -1.63. The molecule has 46 valence electrons. The highest BCUT2D eigenvalue weighted by molar-refractivity contribution is 5.45. The van der Waals surface area contributed by atoms with Gasteiger partial charge in [-0.1, -0.05) is 0 Å². The van der Waals surface area contributed by atoms with Gasteiger partial charge >= 0.3 is 5.95 Å². The van der Waals surface area contributed by atoms with E-state index in [1.165, 1.54) is 0 Å². The monoisotopic (exact) mass is 125 g/mol. The molecule has 0 aromatic carbocycles. The average Bonchev–Trinajstić information content (AvgIpc) is 2.12. The maximum absolute atomic E-state index is 8.66. The lowest BCUT2D eigenvalue weighted by Crippen LogP contribution is -1.65. The van der Waals surface area contributed by atoms with Crippen LogP contribution in [0.5, 0.6) is 11.7 Å². The Morgan fingerprint density at radius 2 is 2.22 bits per heavy atom. The lowest BCUT2D eigenvalue weighted by molar-refractivity contribution is 0.330. The topological polar surface area (TPSA) is 77.4 Å². The molecule has 0 fully saturated rings. The largest absolute Gasteiger partial charge is 0.504 e. The van der Waals surface area contributed by atoms with E-state index in [1.54, 1.807) is 6.07 Å². The molecule has 0 radical (unpaired) electrons. The van der Waals surface area contributed by atoms with Gasteiger partial charge in [-0.3, -0.25) is 0 Å². The molecular weight excluding hydrogens is 122 g/mol. The Balaban J connectivity index is 3.27. The van der Waals surface area contributed by atoms with E-state index in [0.717, 1.165) is 6.26 Å². The summed E-state index contributed by atoms with van der Waals surface area (Å²) in [7, 11) is 0. The highest BCUT2D eigenvalue weighted by Gasteiger charge is 2.09. The van der Waals surface area contributed by atoms with Crippen molar-refractivity contribution in [2.24, 2.45) is 0 Å². The van der Waals surface area contributed by atoms with Crippen LogP contribution in [0.25, 0.3) is 0 Å². The average molecular weight is 125 g/mol. The molecule has 0 saturated carbocycles. The third-order valence-electron chi connectivity index (χ3n) is 0.864. The van der Waals surface area contributed by atoms with Crippen LogP contribution in [0.15, 0.2) is 10.7 Å². The van der Waals surface area contributed by atoms with Crippen molar-refractivity contribution >= 4 is 0 Å². The van der Waals surface area contributed by atoms with Crippen molar-refractivity contribution < 1.29 is 14.6 Å². The van der Waals surface area contributed by atoms with Gasteiger partial charge in [0.15, 0.2) is 11.3 Å².